The van der Waals surface area contributed by atoms with Gasteiger partial charge in [-0.05, 0) is 38.0 Å². The zero-order valence-corrected chi connectivity index (χ0v) is 17.9. The Labute approximate surface area is 179 Å². The number of benzene rings is 1. The van der Waals surface area contributed by atoms with Gasteiger partial charge >= 0.3 is 5.97 Å². The number of carbonyl (C=O) groups is 4. The lowest BCUT2D eigenvalue weighted by Crippen LogP contribution is -2.42. The lowest BCUT2D eigenvalue weighted by molar-refractivity contribution is -0.142. The number of nitrogens with zero attached hydrogens (tertiary/aromatic N) is 1. The van der Waals surface area contributed by atoms with Gasteiger partial charge < -0.3 is 19.8 Å². The van der Waals surface area contributed by atoms with Crippen LogP contribution in [0.3, 0.4) is 0 Å². The number of hydrogen-bond acceptors (Lipinski definition) is 8. The van der Waals surface area contributed by atoms with E-state index in [4.69, 9.17) is 4.74 Å². The van der Waals surface area contributed by atoms with Crippen molar-refractivity contribution in [3.05, 3.63) is 23.8 Å². The Balaban J connectivity index is 1.92. The summed E-state index contributed by atoms with van der Waals surface area (Å²) >= 11 is 1.02. The molecule has 9 heteroatoms. The van der Waals surface area contributed by atoms with Crippen molar-refractivity contribution in [1.29, 1.82) is 0 Å². The third-order valence-corrected chi connectivity index (χ3v) is 5.84. The Morgan fingerprint density at radius 3 is 2.63 bits per heavy atom. The first-order valence-corrected chi connectivity index (χ1v) is 10.9. The Bertz CT molecular complexity index is 811. The van der Waals surface area contributed by atoms with Gasteiger partial charge in [-0.1, -0.05) is 18.7 Å². The van der Waals surface area contributed by atoms with Crippen LogP contribution in [-0.4, -0.2) is 62.8 Å². The molecule has 0 bridgehead atoms. The van der Waals surface area contributed by atoms with E-state index in [9.17, 15) is 29.4 Å². The van der Waals surface area contributed by atoms with Crippen LogP contribution in [0.1, 0.15) is 49.9 Å². The van der Waals surface area contributed by atoms with Crippen molar-refractivity contribution in [3.8, 4) is 11.5 Å². The van der Waals surface area contributed by atoms with E-state index < -0.39 is 17.7 Å². The van der Waals surface area contributed by atoms with Crippen molar-refractivity contribution < 1.29 is 34.1 Å². The first-order valence-electron chi connectivity index (χ1n) is 9.92. The second-order valence-electron chi connectivity index (χ2n) is 7.14. The van der Waals surface area contributed by atoms with Crippen LogP contribution in [0.5, 0.6) is 11.5 Å². The molecule has 2 rings (SSSR count). The topological polar surface area (TPSA) is 121 Å². The van der Waals surface area contributed by atoms with Crippen LogP contribution in [0, 0.1) is 5.92 Å². The van der Waals surface area contributed by atoms with E-state index in [0.29, 0.717) is 31.7 Å². The molecule has 1 amide bonds. The van der Waals surface area contributed by atoms with Gasteiger partial charge in [0.2, 0.25) is 11.0 Å². The van der Waals surface area contributed by atoms with Crippen LogP contribution < -0.4 is 0 Å². The number of phenolic OH excluding ortho intramolecular Hbond substituents is 2. The van der Waals surface area contributed by atoms with E-state index in [1.54, 1.807) is 13.8 Å². The van der Waals surface area contributed by atoms with E-state index in [-0.39, 0.29) is 46.9 Å². The molecule has 0 aromatic heterocycles. The Morgan fingerprint density at radius 1 is 1.23 bits per heavy atom. The molecule has 30 heavy (non-hydrogen) atoms. The van der Waals surface area contributed by atoms with Crippen molar-refractivity contribution in [3.63, 3.8) is 0 Å². The maximum atomic E-state index is 12.9. The quantitative estimate of drug-likeness (QED) is 0.343. The zero-order chi connectivity index (χ0) is 22.3. The van der Waals surface area contributed by atoms with Gasteiger partial charge in [0.05, 0.1) is 13.0 Å². The minimum atomic E-state index is -0.633. The molecule has 2 atom stereocenters. The van der Waals surface area contributed by atoms with E-state index in [1.807, 2.05) is 0 Å². The summed E-state index contributed by atoms with van der Waals surface area (Å²) < 4.78 is 4.84. The smallest absolute Gasteiger partial charge is 0.306 e. The monoisotopic (exact) mass is 437 g/mol. The third kappa shape index (κ3) is 6.22. The molecule has 0 saturated carbocycles. The standard InChI is InChI=1S/C21H27NO7S/c1-3-29-19(26)8-10-30-21(28)15-5-4-9-22(15)20(27)13(2)11-17(24)14-6-7-16(23)18(25)12-14/h6-7,12-13,15,23,25H,3-5,8-11H2,1-2H3. The first-order chi connectivity index (χ1) is 14.2. The molecule has 1 aliphatic rings. The Morgan fingerprint density at radius 2 is 1.97 bits per heavy atom. The van der Waals surface area contributed by atoms with Crippen LogP contribution in [0.15, 0.2) is 18.2 Å². The van der Waals surface area contributed by atoms with Gasteiger partial charge in [0.25, 0.3) is 0 Å². The molecule has 0 radical (unpaired) electrons. The van der Waals surface area contributed by atoms with Crippen molar-refractivity contribution >= 4 is 34.5 Å². The fourth-order valence-electron chi connectivity index (χ4n) is 3.30. The molecule has 1 aliphatic heterocycles. The fraction of sp³-hybridized carbons (Fsp3) is 0.524. The van der Waals surface area contributed by atoms with Crippen LogP contribution in [0.25, 0.3) is 0 Å². The molecule has 1 saturated heterocycles. The van der Waals surface area contributed by atoms with E-state index in [0.717, 1.165) is 17.8 Å². The second-order valence-corrected chi connectivity index (χ2v) is 8.24. The van der Waals surface area contributed by atoms with Crippen LogP contribution in [0.2, 0.25) is 0 Å². The van der Waals surface area contributed by atoms with Gasteiger partial charge in [0, 0.05) is 30.2 Å². The summed E-state index contributed by atoms with van der Waals surface area (Å²) in [5, 5.41) is 18.7. The molecular formula is C21H27NO7S. The average Bonchev–Trinajstić information content (AvgIpc) is 3.19. The minimum absolute atomic E-state index is 0.0730. The molecule has 1 heterocycles. The Hall–Kier alpha value is -2.55. The van der Waals surface area contributed by atoms with Crippen molar-refractivity contribution in [2.75, 3.05) is 18.9 Å². The van der Waals surface area contributed by atoms with Crippen molar-refractivity contribution in [2.24, 2.45) is 5.92 Å². The third-order valence-electron chi connectivity index (χ3n) is 4.87. The summed E-state index contributed by atoms with van der Waals surface area (Å²) in [6.07, 6.45) is 1.32. The molecular weight excluding hydrogens is 410 g/mol. The van der Waals surface area contributed by atoms with Crippen molar-refractivity contribution in [2.45, 2.75) is 45.6 Å². The number of Topliss-reactive ketones (excluding diaryl/α,β-unsaturated/α-hetero) is 1. The molecule has 0 spiro atoms. The summed E-state index contributed by atoms with van der Waals surface area (Å²) in [5.41, 5.74) is 0.202. The number of amides is 1. The van der Waals surface area contributed by atoms with Crippen LogP contribution in [-0.2, 0) is 19.1 Å². The number of phenols is 2. The van der Waals surface area contributed by atoms with Crippen molar-refractivity contribution in [1.82, 2.24) is 4.90 Å². The van der Waals surface area contributed by atoms with Crippen LogP contribution in [0.4, 0.5) is 0 Å². The maximum absolute atomic E-state index is 12.9. The molecule has 1 fully saturated rings. The molecule has 1 aromatic rings. The summed E-state index contributed by atoms with van der Waals surface area (Å²) in [7, 11) is 0. The summed E-state index contributed by atoms with van der Waals surface area (Å²) in [6, 6.07) is 3.21. The number of hydrogen-bond donors (Lipinski definition) is 2. The number of aromatic hydroxyl groups is 2. The first kappa shape index (κ1) is 23.7. The molecule has 8 nitrogen and oxygen atoms in total. The zero-order valence-electron chi connectivity index (χ0n) is 17.1. The molecule has 0 aliphatic carbocycles. The number of carbonyl (C=O) groups excluding carboxylic acids is 4. The minimum Gasteiger partial charge on any atom is -0.504 e. The van der Waals surface area contributed by atoms with Gasteiger partial charge in [-0.3, -0.25) is 19.2 Å². The van der Waals surface area contributed by atoms with Gasteiger partial charge in [-0.25, -0.2) is 0 Å². The number of rotatable bonds is 9. The van der Waals surface area contributed by atoms with Gasteiger partial charge in [-0.15, -0.1) is 0 Å². The molecule has 1 aromatic carbocycles. The Kier molecular flexibility index (Phi) is 8.71. The predicted octanol–water partition coefficient (Wildman–Crippen LogP) is 2.51. The number of ketones is 1. The number of ether oxygens (including phenoxy) is 1. The number of esters is 1. The van der Waals surface area contributed by atoms with E-state index in [1.165, 1.54) is 17.0 Å². The summed E-state index contributed by atoms with van der Waals surface area (Å²) in [4.78, 5) is 50.7. The van der Waals surface area contributed by atoms with Gasteiger partial charge in [0.15, 0.2) is 17.3 Å². The largest absolute Gasteiger partial charge is 0.504 e. The SMILES string of the molecule is CCOC(=O)CCSC(=O)C1CCCN1C(=O)C(C)CC(=O)c1ccc(O)c(O)c1. The van der Waals surface area contributed by atoms with Crippen LogP contribution >= 0.6 is 11.8 Å². The van der Waals surface area contributed by atoms with Gasteiger partial charge in [0.1, 0.15) is 6.04 Å². The highest BCUT2D eigenvalue weighted by molar-refractivity contribution is 8.13. The number of thioether (sulfide) groups is 1. The lowest BCUT2D eigenvalue weighted by Gasteiger charge is -2.26. The summed E-state index contributed by atoms with van der Waals surface area (Å²) in [5.74, 6) is -2.02. The highest BCUT2D eigenvalue weighted by Gasteiger charge is 2.36. The second kappa shape index (κ2) is 11.0. The molecule has 2 unspecified atom stereocenters. The molecule has 164 valence electrons. The lowest BCUT2D eigenvalue weighted by atomic mass is 9.98. The predicted molar refractivity (Wildman–Crippen MR) is 111 cm³/mol. The van der Waals surface area contributed by atoms with E-state index >= 15 is 0 Å². The normalized spacial score (nSPS) is 16.9. The van der Waals surface area contributed by atoms with E-state index in [2.05, 4.69) is 0 Å². The average molecular weight is 438 g/mol. The molecule has 2 N–H and O–H groups in total. The van der Waals surface area contributed by atoms with Gasteiger partial charge in [-0.2, -0.15) is 0 Å². The fourth-order valence-corrected chi connectivity index (χ4v) is 4.21. The maximum Gasteiger partial charge on any atom is 0.306 e. The highest BCUT2D eigenvalue weighted by Crippen LogP contribution is 2.28. The number of likely N-dealkylation sites (tertiary alicyclic amines) is 1. The summed E-state index contributed by atoms with van der Waals surface area (Å²) in [6.45, 7) is 4.09. The highest BCUT2D eigenvalue weighted by atomic mass is 32.2.